The van der Waals surface area contributed by atoms with E-state index in [2.05, 4.69) is 15.6 Å². The SMILES string of the molecule is CCCN=C1NC(=O)C(C)(c2ccc(Cl)c(Cl)c2)N1. The van der Waals surface area contributed by atoms with Crippen molar-refractivity contribution in [3.63, 3.8) is 0 Å². The van der Waals surface area contributed by atoms with Gasteiger partial charge in [0.25, 0.3) is 5.91 Å². The third-order valence-electron chi connectivity index (χ3n) is 3.04. The smallest absolute Gasteiger partial charge is 0.256 e. The number of guanidine groups is 1. The molecule has 19 heavy (non-hydrogen) atoms. The molecule has 0 aromatic heterocycles. The first-order chi connectivity index (χ1) is 8.97. The van der Waals surface area contributed by atoms with Gasteiger partial charge in [0.05, 0.1) is 10.0 Å². The maximum Gasteiger partial charge on any atom is 0.256 e. The van der Waals surface area contributed by atoms with Crippen LogP contribution >= 0.6 is 23.2 Å². The zero-order valence-electron chi connectivity index (χ0n) is 10.8. The molecule has 6 heteroatoms. The Bertz CT molecular complexity index is 545. The molecule has 1 unspecified atom stereocenters. The van der Waals surface area contributed by atoms with Crippen molar-refractivity contribution < 1.29 is 4.79 Å². The molecular formula is C13H15Cl2N3O. The number of halogens is 2. The van der Waals surface area contributed by atoms with E-state index in [0.29, 0.717) is 22.5 Å². The van der Waals surface area contributed by atoms with Gasteiger partial charge in [-0.05, 0) is 31.0 Å². The van der Waals surface area contributed by atoms with E-state index in [1.807, 2.05) is 6.92 Å². The molecule has 2 N–H and O–H groups in total. The summed E-state index contributed by atoms with van der Waals surface area (Å²) in [5.41, 5.74) is -0.123. The van der Waals surface area contributed by atoms with Crippen LogP contribution in [0.15, 0.2) is 23.2 Å². The molecule has 2 rings (SSSR count). The molecule has 1 saturated heterocycles. The van der Waals surface area contributed by atoms with Crippen molar-refractivity contribution in [2.75, 3.05) is 6.54 Å². The van der Waals surface area contributed by atoms with E-state index in [1.54, 1.807) is 25.1 Å². The van der Waals surface area contributed by atoms with E-state index in [0.717, 1.165) is 12.0 Å². The number of carbonyl (C=O) groups excluding carboxylic acids is 1. The fourth-order valence-electron chi connectivity index (χ4n) is 1.87. The Balaban J connectivity index is 2.32. The third-order valence-corrected chi connectivity index (χ3v) is 3.78. The highest BCUT2D eigenvalue weighted by molar-refractivity contribution is 6.42. The second-order valence-corrected chi connectivity index (χ2v) is 5.38. The molecule has 1 aromatic carbocycles. The van der Waals surface area contributed by atoms with Gasteiger partial charge in [-0.15, -0.1) is 0 Å². The highest BCUT2D eigenvalue weighted by atomic mass is 35.5. The Hall–Kier alpha value is -1.26. The normalized spacial score (nSPS) is 24.4. The minimum absolute atomic E-state index is 0.152. The van der Waals surface area contributed by atoms with Gasteiger partial charge in [-0.25, -0.2) is 0 Å². The first-order valence-electron chi connectivity index (χ1n) is 6.07. The highest BCUT2D eigenvalue weighted by Crippen LogP contribution is 2.30. The minimum Gasteiger partial charge on any atom is -0.338 e. The van der Waals surface area contributed by atoms with E-state index in [9.17, 15) is 4.79 Å². The summed E-state index contributed by atoms with van der Waals surface area (Å²) in [5, 5.41) is 6.73. The van der Waals surface area contributed by atoms with Crippen LogP contribution in [0.4, 0.5) is 0 Å². The number of nitrogens with zero attached hydrogens (tertiary/aromatic N) is 1. The lowest BCUT2D eigenvalue weighted by atomic mass is 9.92. The number of nitrogens with one attached hydrogen (secondary N) is 2. The summed E-state index contributed by atoms with van der Waals surface area (Å²) < 4.78 is 0. The van der Waals surface area contributed by atoms with Gasteiger partial charge >= 0.3 is 0 Å². The first kappa shape index (κ1) is 14.2. The quantitative estimate of drug-likeness (QED) is 0.901. The Kier molecular flexibility index (Phi) is 4.02. The van der Waals surface area contributed by atoms with Gasteiger partial charge in [0, 0.05) is 6.54 Å². The number of aliphatic imine (C=N–C) groups is 1. The monoisotopic (exact) mass is 299 g/mol. The van der Waals surface area contributed by atoms with Gasteiger partial charge in [0.15, 0.2) is 5.96 Å². The topological polar surface area (TPSA) is 53.5 Å². The Morgan fingerprint density at radius 2 is 2.05 bits per heavy atom. The van der Waals surface area contributed by atoms with Crippen LogP contribution in [0.25, 0.3) is 0 Å². The molecule has 0 bridgehead atoms. The van der Waals surface area contributed by atoms with E-state index < -0.39 is 5.54 Å². The van der Waals surface area contributed by atoms with Crippen molar-refractivity contribution in [1.29, 1.82) is 0 Å². The molecular weight excluding hydrogens is 285 g/mol. The van der Waals surface area contributed by atoms with Gasteiger partial charge < -0.3 is 5.32 Å². The van der Waals surface area contributed by atoms with Gasteiger partial charge in [0.2, 0.25) is 0 Å². The molecule has 0 radical (unpaired) electrons. The maximum absolute atomic E-state index is 12.1. The van der Waals surface area contributed by atoms with Crippen LogP contribution in [0, 0.1) is 0 Å². The van der Waals surface area contributed by atoms with Crippen molar-refractivity contribution >= 4 is 35.1 Å². The molecule has 1 fully saturated rings. The van der Waals surface area contributed by atoms with Crippen LogP contribution < -0.4 is 10.6 Å². The Morgan fingerprint density at radius 1 is 1.32 bits per heavy atom. The molecule has 1 heterocycles. The number of carbonyl (C=O) groups is 1. The van der Waals surface area contributed by atoms with Gasteiger partial charge in [-0.3, -0.25) is 15.1 Å². The highest BCUT2D eigenvalue weighted by Gasteiger charge is 2.42. The molecule has 1 aliphatic heterocycles. The zero-order valence-corrected chi connectivity index (χ0v) is 12.3. The standard InChI is InChI=1S/C13H15Cl2N3O/c1-3-6-16-12-17-11(19)13(2,18-12)8-4-5-9(14)10(15)7-8/h4-5,7H,3,6H2,1-2H3,(H2,16,17,18,19). The lowest BCUT2D eigenvalue weighted by molar-refractivity contribution is -0.123. The van der Waals surface area contributed by atoms with E-state index >= 15 is 0 Å². The van der Waals surface area contributed by atoms with E-state index in [1.165, 1.54) is 0 Å². The fraction of sp³-hybridized carbons (Fsp3) is 0.385. The first-order valence-corrected chi connectivity index (χ1v) is 6.82. The van der Waals surface area contributed by atoms with E-state index in [4.69, 9.17) is 23.2 Å². The van der Waals surface area contributed by atoms with Crippen molar-refractivity contribution in [3.8, 4) is 0 Å². The summed E-state index contributed by atoms with van der Waals surface area (Å²) in [6, 6.07) is 5.16. The lowest BCUT2D eigenvalue weighted by Gasteiger charge is -2.22. The maximum atomic E-state index is 12.1. The zero-order chi connectivity index (χ0) is 14.0. The number of benzene rings is 1. The summed E-state index contributed by atoms with van der Waals surface area (Å²) in [7, 11) is 0. The van der Waals surface area contributed by atoms with Crippen molar-refractivity contribution in [2.45, 2.75) is 25.8 Å². The average molecular weight is 300 g/mol. The number of rotatable bonds is 3. The molecule has 1 aromatic rings. The van der Waals surface area contributed by atoms with Crippen molar-refractivity contribution in [1.82, 2.24) is 10.6 Å². The van der Waals surface area contributed by atoms with Crippen molar-refractivity contribution in [2.24, 2.45) is 4.99 Å². The molecule has 102 valence electrons. The molecule has 4 nitrogen and oxygen atoms in total. The predicted molar refractivity (Wildman–Crippen MR) is 77.7 cm³/mol. The molecule has 1 atom stereocenters. The molecule has 1 aliphatic rings. The van der Waals surface area contributed by atoms with Crippen LogP contribution in [-0.4, -0.2) is 18.4 Å². The predicted octanol–water partition coefficient (Wildman–Crippen LogP) is 2.69. The number of hydrogen-bond donors (Lipinski definition) is 2. The lowest BCUT2D eigenvalue weighted by Crippen LogP contribution is -2.40. The summed E-state index contributed by atoms with van der Waals surface area (Å²) in [5.74, 6) is 0.348. The molecule has 0 spiro atoms. The van der Waals surface area contributed by atoms with Gasteiger partial charge in [-0.2, -0.15) is 0 Å². The average Bonchev–Trinajstić information content (AvgIpc) is 2.67. The summed E-state index contributed by atoms with van der Waals surface area (Å²) >= 11 is 11.9. The molecule has 1 amide bonds. The molecule has 0 aliphatic carbocycles. The summed E-state index contributed by atoms with van der Waals surface area (Å²) in [4.78, 5) is 16.4. The van der Waals surface area contributed by atoms with Gasteiger partial charge in [-0.1, -0.05) is 36.2 Å². The fourth-order valence-corrected chi connectivity index (χ4v) is 2.17. The number of hydrogen-bond acceptors (Lipinski definition) is 2. The molecule has 0 saturated carbocycles. The van der Waals surface area contributed by atoms with Crippen LogP contribution in [0.1, 0.15) is 25.8 Å². The van der Waals surface area contributed by atoms with Gasteiger partial charge in [0.1, 0.15) is 5.54 Å². The second-order valence-electron chi connectivity index (χ2n) is 4.56. The second kappa shape index (κ2) is 5.39. The van der Waals surface area contributed by atoms with Crippen LogP contribution in [-0.2, 0) is 10.3 Å². The Labute approximate surface area is 122 Å². The summed E-state index contributed by atoms with van der Waals surface area (Å²) in [6.07, 6.45) is 0.921. The van der Waals surface area contributed by atoms with Crippen molar-refractivity contribution in [3.05, 3.63) is 33.8 Å². The van der Waals surface area contributed by atoms with Crippen LogP contribution in [0.5, 0.6) is 0 Å². The Morgan fingerprint density at radius 3 is 2.68 bits per heavy atom. The van der Waals surface area contributed by atoms with Crippen LogP contribution in [0.2, 0.25) is 10.0 Å². The minimum atomic E-state index is -0.874. The number of amides is 1. The largest absolute Gasteiger partial charge is 0.338 e. The third kappa shape index (κ3) is 2.69. The summed E-state index contributed by atoms with van der Waals surface area (Å²) in [6.45, 7) is 4.48. The van der Waals surface area contributed by atoms with E-state index in [-0.39, 0.29) is 5.91 Å². The van der Waals surface area contributed by atoms with Crippen LogP contribution in [0.3, 0.4) is 0 Å².